The fourth-order valence-electron chi connectivity index (χ4n) is 1.90. The maximum atomic E-state index is 11.6. The van der Waals surface area contributed by atoms with Gasteiger partial charge in [0.15, 0.2) is 0 Å². The molecule has 0 fully saturated rings. The lowest BCUT2D eigenvalue weighted by atomic mass is 10.0. The number of ether oxygens (including phenoxy) is 1. The van der Waals surface area contributed by atoms with Crippen molar-refractivity contribution in [2.75, 3.05) is 7.11 Å². The molecule has 1 aromatic heterocycles. The molecular weight excluding hydrogens is 244 g/mol. The summed E-state index contributed by atoms with van der Waals surface area (Å²) in [5.41, 5.74) is 2.32. The smallest absolute Gasteiger partial charge is 0.348 e. The molecule has 0 saturated heterocycles. The zero-order chi connectivity index (χ0) is 13.0. The summed E-state index contributed by atoms with van der Waals surface area (Å²) in [6, 6.07) is 12.1. The lowest BCUT2D eigenvalue weighted by molar-refractivity contribution is 0.0606. The van der Waals surface area contributed by atoms with Gasteiger partial charge in [-0.1, -0.05) is 43.7 Å². The topological polar surface area (TPSA) is 26.3 Å². The van der Waals surface area contributed by atoms with Crippen LogP contribution in [-0.4, -0.2) is 13.1 Å². The summed E-state index contributed by atoms with van der Waals surface area (Å²) in [4.78, 5) is 13.5. The van der Waals surface area contributed by atoms with E-state index in [0.29, 0.717) is 4.88 Å². The lowest BCUT2D eigenvalue weighted by Gasteiger charge is -2.01. The number of benzene rings is 1. The van der Waals surface area contributed by atoms with Crippen molar-refractivity contribution in [1.82, 2.24) is 0 Å². The quantitative estimate of drug-likeness (QED) is 0.772. The molecule has 0 aliphatic heterocycles. The zero-order valence-corrected chi connectivity index (χ0v) is 11.4. The van der Waals surface area contributed by atoms with E-state index in [1.54, 1.807) is 0 Å². The van der Waals surface area contributed by atoms with Crippen LogP contribution in [0.2, 0.25) is 0 Å². The molecule has 2 aromatic rings. The van der Waals surface area contributed by atoms with Crippen LogP contribution in [0.25, 0.3) is 11.1 Å². The number of thiophene rings is 1. The van der Waals surface area contributed by atoms with Gasteiger partial charge in [-0.2, -0.15) is 0 Å². The van der Waals surface area contributed by atoms with Gasteiger partial charge in [0.1, 0.15) is 4.88 Å². The molecular formula is C15H16O2S. The molecule has 3 heteroatoms. The van der Waals surface area contributed by atoms with E-state index in [9.17, 15) is 4.79 Å². The largest absolute Gasteiger partial charge is 0.465 e. The summed E-state index contributed by atoms with van der Waals surface area (Å²) in [6.45, 7) is 2.15. The van der Waals surface area contributed by atoms with E-state index in [0.717, 1.165) is 24.0 Å². The number of carbonyl (C=O) groups is 1. The van der Waals surface area contributed by atoms with Crippen LogP contribution in [0.1, 0.15) is 27.9 Å². The van der Waals surface area contributed by atoms with Gasteiger partial charge in [0, 0.05) is 4.88 Å². The van der Waals surface area contributed by atoms with Crippen molar-refractivity contribution >= 4 is 17.3 Å². The molecule has 1 heterocycles. The summed E-state index contributed by atoms with van der Waals surface area (Å²) in [5, 5.41) is 0. The van der Waals surface area contributed by atoms with Gasteiger partial charge in [-0.15, -0.1) is 11.3 Å². The summed E-state index contributed by atoms with van der Waals surface area (Å²) in [7, 11) is 1.42. The maximum absolute atomic E-state index is 11.6. The van der Waals surface area contributed by atoms with Crippen LogP contribution in [-0.2, 0) is 11.2 Å². The number of rotatable bonds is 4. The summed E-state index contributed by atoms with van der Waals surface area (Å²) < 4.78 is 4.79. The highest BCUT2D eigenvalue weighted by atomic mass is 32.1. The highest BCUT2D eigenvalue weighted by molar-refractivity contribution is 7.14. The maximum Gasteiger partial charge on any atom is 0.348 e. The molecule has 0 saturated carbocycles. The molecule has 18 heavy (non-hydrogen) atoms. The highest BCUT2D eigenvalue weighted by Gasteiger charge is 2.15. The second-order valence-electron chi connectivity index (χ2n) is 4.06. The van der Waals surface area contributed by atoms with E-state index in [2.05, 4.69) is 19.1 Å². The molecule has 2 rings (SSSR count). The van der Waals surface area contributed by atoms with Gasteiger partial charge in [-0.05, 0) is 23.6 Å². The summed E-state index contributed by atoms with van der Waals surface area (Å²) in [6.07, 6.45) is 2.06. The molecule has 0 aliphatic carbocycles. The molecule has 0 aliphatic rings. The average molecular weight is 260 g/mol. The third kappa shape index (κ3) is 2.62. The Morgan fingerprint density at radius 1 is 1.28 bits per heavy atom. The van der Waals surface area contributed by atoms with Gasteiger partial charge in [0.25, 0.3) is 0 Å². The molecule has 0 spiro atoms. The fraction of sp³-hybridized carbons (Fsp3) is 0.267. The third-order valence-electron chi connectivity index (χ3n) is 2.76. The first kappa shape index (κ1) is 12.8. The minimum atomic E-state index is -0.250. The van der Waals surface area contributed by atoms with Crippen LogP contribution in [0.15, 0.2) is 36.4 Å². The van der Waals surface area contributed by atoms with Crippen LogP contribution in [0.3, 0.4) is 0 Å². The Bertz CT molecular complexity index is 529. The average Bonchev–Trinajstić information content (AvgIpc) is 2.83. The van der Waals surface area contributed by atoms with E-state index in [4.69, 9.17) is 4.74 Å². The first-order chi connectivity index (χ1) is 8.76. The zero-order valence-electron chi connectivity index (χ0n) is 10.6. The molecule has 2 nitrogen and oxygen atoms in total. The minimum Gasteiger partial charge on any atom is -0.465 e. The molecule has 0 radical (unpaired) electrons. The number of hydrogen-bond donors (Lipinski definition) is 0. The number of hydrogen-bond acceptors (Lipinski definition) is 3. The Hall–Kier alpha value is -1.61. The molecule has 0 N–H and O–H groups in total. The first-order valence-corrected chi connectivity index (χ1v) is 6.84. The van der Waals surface area contributed by atoms with Gasteiger partial charge in [0.2, 0.25) is 0 Å². The second-order valence-corrected chi connectivity index (χ2v) is 5.19. The Labute approximate surface area is 111 Å². The van der Waals surface area contributed by atoms with E-state index in [-0.39, 0.29) is 5.97 Å². The Morgan fingerprint density at radius 2 is 2.00 bits per heavy atom. The van der Waals surface area contributed by atoms with Crippen molar-refractivity contribution in [3.63, 3.8) is 0 Å². The van der Waals surface area contributed by atoms with Gasteiger partial charge >= 0.3 is 5.97 Å². The highest BCUT2D eigenvalue weighted by Crippen LogP contribution is 2.32. The second kappa shape index (κ2) is 5.83. The van der Waals surface area contributed by atoms with E-state index in [1.807, 2.05) is 24.3 Å². The van der Waals surface area contributed by atoms with Crippen molar-refractivity contribution in [3.05, 3.63) is 46.2 Å². The van der Waals surface area contributed by atoms with Gasteiger partial charge < -0.3 is 4.74 Å². The fourth-order valence-corrected chi connectivity index (χ4v) is 3.11. The van der Waals surface area contributed by atoms with Crippen LogP contribution >= 0.6 is 11.3 Å². The lowest BCUT2D eigenvalue weighted by Crippen LogP contribution is -1.96. The summed E-state index contributed by atoms with van der Waals surface area (Å²) in [5.74, 6) is -0.250. The Kier molecular flexibility index (Phi) is 4.15. The van der Waals surface area contributed by atoms with E-state index >= 15 is 0 Å². The SMILES string of the molecule is CCCc1sc(C(=O)OC)cc1-c1ccccc1. The van der Waals surface area contributed by atoms with E-state index in [1.165, 1.54) is 23.3 Å². The van der Waals surface area contributed by atoms with Crippen LogP contribution in [0.4, 0.5) is 0 Å². The standard InChI is InChI=1S/C15H16O2S/c1-3-7-13-12(11-8-5-4-6-9-11)10-14(18-13)15(16)17-2/h4-6,8-10H,3,7H2,1-2H3. The number of esters is 1. The number of carbonyl (C=O) groups excluding carboxylic acids is 1. The Balaban J connectivity index is 2.45. The monoisotopic (exact) mass is 260 g/mol. The normalized spacial score (nSPS) is 10.3. The minimum absolute atomic E-state index is 0.250. The predicted molar refractivity (Wildman–Crippen MR) is 75.1 cm³/mol. The van der Waals surface area contributed by atoms with Crippen LogP contribution < -0.4 is 0 Å². The third-order valence-corrected chi connectivity index (χ3v) is 3.93. The van der Waals surface area contributed by atoms with E-state index < -0.39 is 0 Å². The van der Waals surface area contributed by atoms with Crippen molar-refractivity contribution < 1.29 is 9.53 Å². The van der Waals surface area contributed by atoms with Crippen molar-refractivity contribution in [3.8, 4) is 11.1 Å². The van der Waals surface area contributed by atoms with Gasteiger partial charge in [-0.25, -0.2) is 4.79 Å². The van der Waals surface area contributed by atoms with Gasteiger partial charge in [0.05, 0.1) is 7.11 Å². The molecule has 0 bridgehead atoms. The van der Waals surface area contributed by atoms with Gasteiger partial charge in [-0.3, -0.25) is 0 Å². The molecule has 1 aromatic carbocycles. The Morgan fingerprint density at radius 3 is 2.61 bits per heavy atom. The molecule has 94 valence electrons. The van der Waals surface area contributed by atoms with Crippen molar-refractivity contribution in [2.45, 2.75) is 19.8 Å². The summed E-state index contributed by atoms with van der Waals surface area (Å²) >= 11 is 1.54. The van der Waals surface area contributed by atoms with Crippen LogP contribution in [0.5, 0.6) is 0 Å². The molecule has 0 atom stereocenters. The van der Waals surface area contributed by atoms with Crippen molar-refractivity contribution in [1.29, 1.82) is 0 Å². The number of methoxy groups -OCH3 is 1. The van der Waals surface area contributed by atoms with Crippen LogP contribution in [0, 0.1) is 0 Å². The molecule has 0 amide bonds. The number of aryl methyl sites for hydroxylation is 1. The first-order valence-electron chi connectivity index (χ1n) is 6.02. The molecule has 0 unspecified atom stereocenters. The predicted octanol–water partition coefficient (Wildman–Crippen LogP) is 4.15. The van der Waals surface area contributed by atoms with Crippen molar-refractivity contribution in [2.24, 2.45) is 0 Å².